The van der Waals surface area contributed by atoms with Crippen molar-refractivity contribution in [2.75, 3.05) is 6.61 Å². The smallest absolute Gasteiger partial charge is 0.355 e. The molecule has 6 heteroatoms. The number of ether oxygens (including phenoxy) is 1. The first-order chi connectivity index (χ1) is 11.5. The second-order valence-electron chi connectivity index (χ2n) is 5.43. The number of nitrogens with one attached hydrogen (secondary N) is 1. The summed E-state index contributed by atoms with van der Waals surface area (Å²) in [6.07, 6.45) is 0. The molecule has 0 fully saturated rings. The van der Waals surface area contributed by atoms with Crippen molar-refractivity contribution in [1.82, 2.24) is 4.98 Å². The van der Waals surface area contributed by atoms with Crippen LogP contribution in [0.5, 0.6) is 0 Å². The third-order valence-electron chi connectivity index (χ3n) is 3.65. The number of benzene rings is 1. The van der Waals surface area contributed by atoms with Crippen LogP contribution in [0.2, 0.25) is 0 Å². The molecule has 0 aliphatic heterocycles. The molecule has 0 unspecified atom stereocenters. The van der Waals surface area contributed by atoms with Gasteiger partial charge in [-0.05, 0) is 37.4 Å². The van der Waals surface area contributed by atoms with Crippen LogP contribution in [0.1, 0.15) is 30.6 Å². The summed E-state index contributed by atoms with van der Waals surface area (Å²) in [5, 5.41) is 1.14. The number of hydrogen-bond donors (Lipinski definition) is 1. The second-order valence-corrected chi connectivity index (χ2v) is 6.89. The molecule has 0 saturated heterocycles. The number of pyridine rings is 1. The minimum Gasteiger partial charge on any atom is -0.453 e. The number of aromatic amines is 1. The number of carbonyl (C=O) groups excluding carboxylic acids is 2. The lowest BCUT2D eigenvalue weighted by Crippen LogP contribution is -2.18. The highest BCUT2D eigenvalue weighted by molar-refractivity contribution is 7.12. The van der Waals surface area contributed by atoms with Crippen LogP contribution in [-0.4, -0.2) is 23.3 Å². The quantitative estimate of drug-likeness (QED) is 0.584. The maximum atomic E-state index is 12.2. The Hall–Kier alpha value is -2.73. The average molecular weight is 341 g/mol. The molecule has 0 bridgehead atoms. The minimum atomic E-state index is -0.726. The van der Waals surface area contributed by atoms with Gasteiger partial charge in [0.25, 0.3) is 5.56 Å². The molecule has 3 aromatic rings. The first kappa shape index (κ1) is 16.1. The molecule has 1 aromatic carbocycles. The fourth-order valence-electron chi connectivity index (χ4n) is 2.52. The molecule has 3 rings (SSSR count). The van der Waals surface area contributed by atoms with E-state index in [4.69, 9.17) is 4.74 Å². The molecule has 0 atom stereocenters. The zero-order chi connectivity index (χ0) is 17.3. The maximum Gasteiger partial charge on any atom is 0.355 e. The summed E-state index contributed by atoms with van der Waals surface area (Å²) in [4.78, 5) is 40.7. The van der Waals surface area contributed by atoms with Crippen LogP contribution in [0.3, 0.4) is 0 Å². The number of rotatable bonds is 4. The predicted molar refractivity (Wildman–Crippen MR) is 93.0 cm³/mol. The predicted octanol–water partition coefficient (Wildman–Crippen LogP) is 3.25. The van der Waals surface area contributed by atoms with Gasteiger partial charge in [-0.25, -0.2) is 4.79 Å². The van der Waals surface area contributed by atoms with Gasteiger partial charge in [-0.3, -0.25) is 9.59 Å². The topological polar surface area (TPSA) is 76.2 Å². The SMILES string of the molecule is Cc1cc(C(=O)COC(=O)c2cc3ccccc3c(=O)[nH]2)c(C)s1. The van der Waals surface area contributed by atoms with Gasteiger partial charge in [-0.2, -0.15) is 0 Å². The molecular formula is C18H15NO4S. The van der Waals surface area contributed by atoms with Crippen molar-refractivity contribution >= 4 is 33.9 Å². The number of fused-ring (bicyclic) bond motifs is 1. The van der Waals surface area contributed by atoms with E-state index < -0.39 is 5.97 Å². The molecule has 5 nitrogen and oxygen atoms in total. The van der Waals surface area contributed by atoms with Crippen molar-refractivity contribution in [2.45, 2.75) is 13.8 Å². The Balaban J connectivity index is 1.77. The molecule has 122 valence electrons. The first-order valence-electron chi connectivity index (χ1n) is 7.35. The Kier molecular flexibility index (Phi) is 4.31. The number of thiophene rings is 1. The molecule has 0 radical (unpaired) electrons. The number of ketones is 1. The molecule has 0 aliphatic rings. The summed E-state index contributed by atoms with van der Waals surface area (Å²) >= 11 is 1.52. The van der Waals surface area contributed by atoms with E-state index in [1.807, 2.05) is 13.8 Å². The number of H-pyrrole nitrogens is 1. The lowest BCUT2D eigenvalue weighted by atomic mass is 10.1. The van der Waals surface area contributed by atoms with Gasteiger partial charge in [-0.15, -0.1) is 11.3 Å². The van der Waals surface area contributed by atoms with E-state index in [0.29, 0.717) is 16.3 Å². The van der Waals surface area contributed by atoms with Crippen molar-refractivity contribution in [3.05, 3.63) is 67.8 Å². The number of esters is 1. The summed E-state index contributed by atoms with van der Waals surface area (Å²) in [5.41, 5.74) is 0.234. The normalized spacial score (nSPS) is 10.8. The molecule has 0 saturated carbocycles. The van der Waals surface area contributed by atoms with Crippen LogP contribution in [0.15, 0.2) is 41.2 Å². The molecule has 1 N–H and O–H groups in total. The minimum absolute atomic E-state index is 0.0321. The van der Waals surface area contributed by atoms with E-state index in [2.05, 4.69) is 4.98 Å². The Morgan fingerprint density at radius 2 is 1.92 bits per heavy atom. The van der Waals surface area contributed by atoms with E-state index >= 15 is 0 Å². The summed E-state index contributed by atoms with van der Waals surface area (Å²) in [6.45, 7) is 3.42. The summed E-state index contributed by atoms with van der Waals surface area (Å²) in [6, 6.07) is 10.3. The van der Waals surface area contributed by atoms with Gasteiger partial charge in [0.2, 0.25) is 5.78 Å². The molecular weight excluding hydrogens is 326 g/mol. The highest BCUT2D eigenvalue weighted by atomic mass is 32.1. The van der Waals surface area contributed by atoms with Gasteiger partial charge < -0.3 is 9.72 Å². The Bertz CT molecular complexity index is 1000. The van der Waals surface area contributed by atoms with Gasteiger partial charge in [0.1, 0.15) is 5.69 Å². The number of hydrogen-bond acceptors (Lipinski definition) is 5. The highest BCUT2D eigenvalue weighted by Crippen LogP contribution is 2.21. The van der Waals surface area contributed by atoms with Crippen LogP contribution in [0.4, 0.5) is 0 Å². The monoisotopic (exact) mass is 341 g/mol. The third-order valence-corrected chi connectivity index (χ3v) is 4.62. The van der Waals surface area contributed by atoms with Crippen molar-refractivity contribution in [3.63, 3.8) is 0 Å². The van der Waals surface area contributed by atoms with E-state index in [-0.39, 0.29) is 23.6 Å². The first-order valence-corrected chi connectivity index (χ1v) is 8.17. The Morgan fingerprint density at radius 3 is 2.62 bits per heavy atom. The molecule has 2 aromatic heterocycles. The van der Waals surface area contributed by atoms with Gasteiger partial charge in [0.15, 0.2) is 6.61 Å². The highest BCUT2D eigenvalue weighted by Gasteiger charge is 2.16. The van der Waals surface area contributed by atoms with Crippen molar-refractivity contribution in [3.8, 4) is 0 Å². The fourth-order valence-corrected chi connectivity index (χ4v) is 3.46. The third kappa shape index (κ3) is 3.14. The van der Waals surface area contributed by atoms with Crippen LogP contribution in [-0.2, 0) is 4.74 Å². The zero-order valence-corrected chi connectivity index (χ0v) is 14.0. The summed E-state index contributed by atoms with van der Waals surface area (Å²) in [7, 11) is 0. The largest absolute Gasteiger partial charge is 0.453 e. The fraction of sp³-hybridized carbons (Fsp3) is 0.167. The maximum absolute atomic E-state index is 12.2. The van der Waals surface area contributed by atoms with Crippen LogP contribution in [0.25, 0.3) is 10.8 Å². The standard InChI is InChI=1S/C18H15NO4S/c1-10-7-14(11(2)24-10)16(20)9-23-18(22)15-8-12-5-3-4-6-13(12)17(21)19-15/h3-8H,9H2,1-2H3,(H,19,21). The average Bonchev–Trinajstić information content (AvgIpc) is 2.90. The van der Waals surface area contributed by atoms with Gasteiger partial charge >= 0.3 is 5.97 Å². The molecule has 0 spiro atoms. The number of Topliss-reactive ketones (excluding diaryl/α,β-unsaturated/α-hetero) is 1. The summed E-state index contributed by atoms with van der Waals surface area (Å²) in [5.74, 6) is -0.982. The van der Waals surface area contributed by atoms with E-state index in [1.165, 1.54) is 11.3 Å². The van der Waals surface area contributed by atoms with Gasteiger partial charge in [0.05, 0.1) is 0 Å². The van der Waals surface area contributed by atoms with Crippen molar-refractivity contribution in [2.24, 2.45) is 0 Å². The molecule has 0 aliphatic carbocycles. The van der Waals surface area contributed by atoms with Crippen LogP contribution in [0, 0.1) is 13.8 Å². The van der Waals surface area contributed by atoms with Gasteiger partial charge in [-0.1, -0.05) is 18.2 Å². The lowest BCUT2D eigenvalue weighted by molar-refractivity contribution is 0.0469. The Labute approximate surface area is 141 Å². The van der Waals surface area contributed by atoms with Gasteiger partial charge in [0, 0.05) is 20.7 Å². The lowest BCUT2D eigenvalue weighted by Gasteiger charge is -2.05. The number of aryl methyl sites for hydroxylation is 2. The summed E-state index contributed by atoms with van der Waals surface area (Å²) < 4.78 is 5.06. The van der Waals surface area contributed by atoms with Crippen LogP contribution < -0.4 is 5.56 Å². The van der Waals surface area contributed by atoms with Crippen LogP contribution >= 0.6 is 11.3 Å². The van der Waals surface area contributed by atoms with E-state index in [1.54, 1.807) is 36.4 Å². The molecule has 0 amide bonds. The van der Waals surface area contributed by atoms with Crippen molar-refractivity contribution < 1.29 is 14.3 Å². The van der Waals surface area contributed by atoms with Crippen molar-refractivity contribution in [1.29, 1.82) is 0 Å². The number of carbonyl (C=O) groups is 2. The molecule has 2 heterocycles. The van der Waals surface area contributed by atoms with E-state index in [9.17, 15) is 14.4 Å². The second kappa shape index (κ2) is 6.41. The van der Waals surface area contributed by atoms with E-state index in [0.717, 1.165) is 9.75 Å². The Morgan fingerprint density at radius 1 is 1.17 bits per heavy atom. The molecule has 24 heavy (non-hydrogen) atoms. The number of aromatic nitrogens is 1. The zero-order valence-electron chi connectivity index (χ0n) is 13.2.